The number of benzene rings is 1. The Hall–Kier alpha value is -2.31. The zero-order valence-corrected chi connectivity index (χ0v) is 15.2. The molecule has 0 atom stereocenters. The van der Waals surface area contributed by atoms with Crippen LogP contribution < -0.4 is 5.32 Å². The van der Waals surface area contributed by atoms with Crippen molar-refractivity contribution in [3.8, 4) is 0 Å². The highest BCUT2D eigenvalue weighted by atomic mass is 32.1. The number of anilines is 1. The Bertz CT molecular complexity index is 950. The van der Waals surface area contributed by atoms with Crippen molar-refractivity contribution in [1.29, 1.82) is 0 Å². The van der Waals surface area contributed by atoms with Crippen LogP contribution in [0.4, 0.5) is 5.13 Å². The molecule has 0 radical (unpaired) electrons. The topological polar surface area (TPSA) is 58.1 Å². The molecule has 1 amide bonds. The van der Waals surface area contributed by atoms with Gasteiger partial charge >= 0.3 is 0 Å². The van der Waals surface area contributed by atoms with E-state index >= 15 is 0 Å². The van der Waals surface area contributed by atoms with Crippen LogP contribution in [0.1, 0.15) is 34.2 Å². The van der Waals surface area contributed by atoms with Crippen molar-refractivity contribution in [3.05, 3.63) is 52.2 Å². The van der Waals surface area contributed by atoms with Crippen LogP contribution in [-0.4, -0.2) is 33.9 Å². The van der Waals surface area contributed by atoms with E-state index in [0.717, 1.165) is 59.5 Å². The first-order valence-electron chi connectivity index (χ1n) is 8.52. The number of aryl methyl sites for hydroxylation is 1. The van der Waals surface area contributed by atoms with Crippen LogP contribution >= 0.6 is 11.3 Å². The fraction of sp³-hybridized carbons (Fsp3) is 0.316. The van der Waals surface area contributed by atoms with E-state index in [4.69, 9.17) is 4.98 Å². The SMILES string of the molecule is CCN1CCc2nc3ccccc3c(C(=O)Nc3nc(C)cs3)c2C1. The van der Waals surface area contributed by atoms with Gasteiger partial charge in [0.1, 0.15) is 0 Å². The summed E-state index contributed by atoms with van der Waals surface area (Å²) < 4.78 is 0. The van der Waals surface area contributed by atoms with E-state index in [1.807, 2.05) is 36.6 Å². The van der Waals surface area contributed by atoms with E-state index in [1.54, 1.807) is 0 Å². The second-order valence-electron chi connectivity index (χ2n) is 6.30. The Kier molecular flexibility index (Phi) is 4.23. The zero-order chi connectivity index (χ0) is 17.4. The van der Waals surface area contributed by atoms with Crippen molar-refractivity contribution >= 4 is 33.3 Å². The highest BCUT2D eigenvalue weighted by Crippen LogP contribution is 2.29. The van der Waals surface area contributed by atoms with Crippen molar-refractivity contribution in [3.63, 3.8) is 0 Å². The van der Waals surface area contributed by atoms with E-state index in [9.17, 15) is 4.79 Å². The van der Waals surface area contributed by atoms with Gasteiger partial charge in [-0.15, -0.1) is 11.3 Å². The first kappa shape index (κ1) is 16.2. The van der Waals surface area contributed by atoms with Crippen molar-refractivity contribution in [1.82, 2.24) is 14.9 Å². The summed E-state index contributed by atoms with van der Waals surface area (Å²) in [5.74, 6) is -0.0952. The van der Waals surface area contributed by atoms with E-state index in [-0.39, 0.29) is 5.91 Å². The molecule has 0 saturated carbocycles. The van der Waals surface area contributed by atoms with Gasteiger partial charge in [0.15, 0.2) is 5.13 Å². The van der Waals surface area contributed by atoms with Crippen molar-refractivity contribution in [2.24, 2.45) is 0 Å². The smallest absolute Gasteiger partial charge is 0.258 e. The summed E-state index contributed by atoms with van der Waals surface area (Å²) in [7, 11) is 0. The fourth-order valence-electron chi connectivity index (χ4n) is 3.35. The van der Waals surface area contributed by atoms with Gasteiger partial charge in [-0.05, 0) is 19.5 Å². The predicted octanol–water partition coefficient (Wildman–Crippen LogP) is 3.63. The number of nitrogens with one attached hydrogen (secondary N) is 1. The maximum atomic E-state index is 13.1. The maximum Gasteiger partial charge on any atom is 0.258 e. The third kappa shape index (κ3) is 3.03. The van der Waals surface area contributed by atoms with E-state index in [1.165, 1.54) is 11.3 Å². The molecule has 4 rings (SSSR count). The number of carbonyl (C=O) groups excluding carboxylic acids is 1. The molecule has 0 fully saturated rings. The summed E-state index contributed by atoms with van der Waals surface area (Å²) in [6.07, 6.45) is 0.880. The normalized spacial score (nSPS) is 14.5. The number of pyridine rings is 1. The zero-order valence-electron chi connectivity index (χ0n) is 14.4. The molecule has 5 nitrogen and oxygen atoms in total. The number of likely N-dealkylation sites (N-methyl/N-ethyl adjacent to an activating group) is 1. The van der Waals surface area contributed by atoms with Gasteiger partial charge in [0, 0.05) is 41.5 Å². The number of para-hydroxylation sites is 1. The van der Waals surface area contributed by atoms with Crippen LogP contribution in [0.2, 0.25) is 0 Å². The largest absolute Gasteiger partial charge is 0.299 e. The highest BCUT2D eigenvalue weighted by molar-refractivity contribution is 7.13. The Balaban J connectivity index is 1.83. The lowest BCUT2D eigenvalue weighted by Gasteiger charge is -2.29. The van der Waals surface area contributed by atoms with Crippen molar-refractivity contribution in [2.75, 3.05) is 18.4 Å². The van der Waals surface area contributed by atoms with Gasteiger partial charge in [-0.25, -0.2) is 4.98 Å². The molecule has 0 aliphatic carbocycles. The van der Waals surface area contributed by atoms with Crippen LogP contribution in [0.25, 0.3) is 10.9 Å². The minimum absolute atomic E-state index is 0.0952. The standard InChI is InChI=1S/C19H20N4OS/c1-3-23-9-8-16-14(10-23)17(13-6-4-5-7-15(13)21-16)18(24)22-19-20-12(2)11-25-19/h4-7,11H,3,8-10H2,1-2H3,(H,20,22,24). The lowest BCUT2D eigenvalue weighted by molar-refractivity contribution is 0.102. The second-order valence-corrected chi connectivity index (χ2v) is 7.15. The number of aromatic nitrogens is 2. The van der Waals surface area contributed by atoms with Gasteiger partial charge in [-0.2, -0.15) is 0 Å². The molecule has 1 aliphatic rings. The molecule has 1 N–H and O–H groups in total. The summed E-state index contributed by atoms with van der Waals surface area (Å²) in [5.41, 5.74) is 4.64. The van der Waals surface area contributed by atoms with Gasteiger partial charge in [-0.3, -0.25) is 20.0 Å². The van der Waals surface area contributed by atoms with Crippen molar-refractivity contribution < 1.29 is 4.79 Å². The first-order valence-corrected chi connectivity index (χ1v) is 9.40. The van der Waals surface area contributed by atoms with Gasteiger partial charge in [0.2, 0.25) is 0 Å². The maximum absolute atomic E-state index is 13.1. The van der Waals surface area contributed by atoms with Crippen LogP contribution in [0, 0.1) is 6.92 Å². The van der Waals surface area contributed by atoms with Crippen LogP contribution in [-0.2, 0) is 13.0 Å². The molecular formula is C19H20N4OS. The quantitative estimate of drug-likeness (QED) is 0.782. The van der Waals surface area contributed by atoms with Gasteiger partial charge in [0.25, 0.3) is 5.91 Å². The molecule has 3 heterocycles. The molecule has 2 aromatic heterocycles. The van der Waals surface area contributed by atoms with Crippen LogP contribution in [0.3, 0.4) is 0 Å². The van der Waals surface area contributed by atoms with Crippen LogP contribution in [0.15, 0.2) is 29.6 Å². The minimum Gasteiger partial charge on any atom is -0.299 e. The molecule has 0 unspecified atom stereocenters. The predicted molar refractivity (Wildman–Crippen MR) is 101 cm³/mol. The molecule has 6 heteroatoms. The molecule has 0 spiro atoms. The molecule has 0 bridgehead atoms. The molecule has 0 saturated heterocycles. The molecule has 3 aromatic rings. The number of hydrogen-bond acceptors (Lipinski definition) is 5. The van der Waals surface area contributed by atoms with Gasteiger partial charge in [0.05, 0.1) is 16.8 Å². The fourth-order valence-corrected chi connectivity index (χ4v) is 4.03. The highest BCUT2D eigenvalue weighted by Gasteiger charge is 2.25. The summed E-state index contributed by atoms with van der Waals surface area (Å²) in [6, 6.07) is 7.89. The number of thiazole rings is 1. The molecule has 128 valence electrons. The van der Waals surface area contributed by atoms with E-state index in [2.05, 4.69) is 22.1 Å². The summed E-state index contributed by atoms with van der Waals surface area (Å²) >= 11 is 1.45. The van der Waals surface area contributed by atoms with Crippen LogP contribution in [0.5, 0.6) is 0 Å². The van der Waals surface area contributed by atoms with E-state index in [0.29, 0.717) is 5.13 Å². The number of carbonyl (C=O) groups is 1. The first-order chi connectivity index (χ1) is 12.2. The number of nitrogens with zero attached hydrogens (tertiary/aromatic N) is 3. The lowest BCUT2D eigenvalue weighted by Crippen LogP contribution is -2.33. The minimum atomic E-state index is -0.0952. The Labute approximate surface area is 150 Å². The number of hydrogen-bond donors (Lipinski definition) is 1. The van der Waals surface area contributed by atoms with Gasteiger partial charge < -0.3 is 0 Å². The average Bonchev–Trinajstić information content (AvgIpc) is 3.03. The Morgan fingerprint density at radius 3 is 2.92 bits per heavy atom. The Morgan fingerprint density at radius 1 is 1.32 bits per heavy atom. The molecule has 1 aromatic carbocycles. The van der Waals surface area contributed by atoms with Gasteiger partial charge in [-0.1, -0.05) is 25.1 Å². The third-order valence-electron chi connectivity index (χ3n) is 4.64. The number of fused-ring (bicyclic) bond motifs is 2. The molecule has 25 heavy (non-hydrogen) atoms. The second kappa shape index (κ2) is 6.54. The number of amides is 1. The third-order valence-corrected chi connectivity index (χ3v) is 5.51. The average molecular weight is 352 g/mol. The van der Waals surface area contributed by atoms with Crippen molar-refractivity contribution in [2.45, 2.75) is 26.8 Å². The molecular weight excluding hydrogens is 332 g/mol. The van der Waals surface area contributed by atoms with E-state index < -0.39 is 0 Å². The monoisotopic (exact) mass is 352 g/mol. The lowest BCUT2D eigenvalue weighted by atomic mass is 9.95. The summed E-state index contributed by atoms with van der Waals surface area (Å²) in [5, 5.41) is 6.46. The molecule has 1 aliphatic heterocycles. The number of rotatable bonds is 3. The Morgan fingerprint density at radius 2 is 2.16 bits per heavy atom. The summed E-state index contributed by atoms with van der Waals surface area (Å²) in [6.45, 7) is 6.80. The summed E-state index contributed by atoms with van der Waals surface area (Å²) in [4.78, 5) is 24.6.